The predicted octanol–water partition coefficient (Wildman–Crippen LogP) is 2.79. The zero-order valence-electron chi connectivity index (χ0n) is 11.8. The van der Waals surface area contributed by atoms with E-state index in [0.717, 1.165) is 5.56 Å². The Balaban J connectivity index is 1.91. The highest BCUT2D eigenvalue weighted by Crippen LogP contribution is 2.14. The van der Waals surface area contributed by atoms with Gasteiger partial charge < -0.3 is 0 Å². The summed E-state index contributed by atoms with van der Waals surface area (Å²) in [5.41, 5.74) is 1.86. The monoisotopic (exact) mass is 290 g/mol. The maximum Gasteiger partial charge on any atom is 0.267 e. The third kappa shape index (κ3) is 3.01. The summed E-state index contributed by atoms with van der Waals surface area (Å²) in [5.74, 6) is -0.139. The average Bonchev–Trinajstić information content (AvgIpc) is 2.58. The molecule has 0 N–H and O–H groups in total. The van der Waals surface area contributed by atoms with Gasteiger partial charge in [-0.1, -0.05) is 60.7 Å². The summed E-state index contributed by atoms with van der Waals surface area (Å²) in [6.07, 6.45) is 0. The van der Waals surface area contributed by atoms with Gasteiger partial charge in [-0.25, -0.2) is 4.68 Å². The molecular weight excluding hydrogens is 276 g/mol. The van der Waals surface area contributed by atoms with Crippen LogP contribution < -0.4 is 5.56 Å². The van der Waals surface area contributed by atoms with E-state index in [-0.39, 0.29) is 17.9 Å². The molecule has 0 saturated heterocycles. The number of hydrogen-bond donors (Lipinski definition) is 0. The number of hydrogen-bond acceptors (Lipinski definition) is 3. The molecule has 3 rings (SSSR count). The maximum atomic E-state index is 12.2. The molecular formula is C18H14N2O2. The smallest absolute Gasteiger partial charge is 0.267 e. The van der Waals surface area contributed by atoms with Gasteiger partial charge in [0.1, 0.15) is 6.54 Å². The minimum atomic E-state index is -0.288. The number of Topliss-reactive ketones (excluding diaryl/α,β-unsaturated/α-hetero) is 1. The van der Waals surface area contributed by atoms with Crippen molar-refractivity contribution < 1.29 is 4.79 Å². The van der Waals surface area contributed by atoms with Crippen LogP contribution in [0, 0.1) is 0 Å². The Morgan fingerprint density at radius 2 is 1.50 bits per heavy atom. The number of carbonyl (C=O) groups is 1. The molecule has 0 unspecified atom stereocenters. The minimum Gasteiger partial charge on any atom is -0.292 e. The van der Waals surface area contributed by atoms with Gasteiger partial charge in [0, 0.05) is 17.2 Å². The zero-order valence-corrected chi connectivity index (χ0v) is 11.8. The molecule has 3 aromatic rings. The molecule has 4 heteroatoms. The SMILES string of the molecule is O=C(Cn1nc(-c2ccccc2)ccc1=O)c1ccccc1. The van der Waals surface area contributed by atoms with E-state index in [1.807, 2.05) is 36.4 Å². The Morgan fingerprint density at radius 3 is 2.18 bits per heavy atom. The van der Waals surface area contributed by atoms with E-state index in [0.29, 0.717) is 11.3 Å². The highest BCUT2D eigenvalue weighted by Gasteiger charge is 2.09. The molecule has 0 bridgehead atoms. The first kappa shape index (κ1) is 13.9. The lowest BCUT2D eigenvalue weighted by molar-refractivity contribution is 0.0966. The third-order valence-electron chi connectivity index (χ3n) is 3.33. The lowest BCUT2D eigenvalue weighted by Crippen LogP contribution is -2.26. The molecule has 0 atom stereocenters. The van der Waals surface area contributed by atoms with Gasteiger partial charge >= 0.3 is 0 Å². The van der Waals surface area contributed by atoms with Crippen LogP contribution in [-0.2, 0) is 6.54 Å². The van der Waals surface area contributed by atoms with Crippen molar-refractivity contribution in [2.24, 2.45) is 0 Å². The van der Waals surface area contributed by atoms with Crippen molar-refractivity contribution in [3.8, 4) is 11.3 Å². The van der Waals surface area contributed by atoms with Crippen molar-refractivity contribution in [3.63, 3.8) is 0 Å². The van der Waals surface area contributed by atoms with E-state index in [1.165, 1.54) is 10.7 Å². The van der Waals surface area contributed by atoms with E-state index in [1.54, 1.807) is 30.3 Å². The molecule has 0 aliphatic rings. The molecule has 4 nitrogen and oxygen atoms in total. The lowest BCUT2D eigenvalue weighted by Gasteiger charge is -2.06. The number of nitrogens with zero attached hydrogens (tertiary/aromatic N) is 2. The standard InChI is InChI=1S/C18H14N2O2/c21-17(15-9-5-2-6-10-15)13-20-18(22)12-11-16(19-20)14-7-3-1-4-8-14/h1-12H,13H2. The van der Waals surface area contributed by atoms with Crippen LogP contribution in [0.5, 0.6) is 0 Å². The average molecular weight is 290 g/mol. The van der Waals surface area contributed by atoms with Crippen LogP contribution in [0.4, 0.5) is 0 Å². The van der Waals surface area contributed by atoms with E-state index >= 15 is 0 Å². The van der Waals surface area contributed by atoms with E-state index < -0.39 is 0 Å². The second-order valence-corrected chi connectivity index (χ2v) is 4.87. The normalized spacial score (nSPS) is 10.4. The second kappa shape index (κ2) is 6.18. The van der Waals surface area contributed by atoms with Crippen LogP contribution in [0.25, 0.3) is 11.3 Å². The zero-order chi connectivity index (χ0) is 15.4. The van der Waals surface area contributed by atoms with E-state index in [2.05, 4.69) is 5.10 Å². The molecule has 2 aromatic carbocycles. The molecule has 1 heterocycles. The van der Waals surface area contributed by atoms with Crippen LogP contribution in [-0.4, -0.2) is 15.6 Å². The molecule has 0 fully saturated rings. The van der Waals surface area contributed by atoms with Crippen LogP contribution in [0.3, 0.4) is 0 Å². The third-order valence-corrected chi connectivity index (χ3v) is 3.33. The first-order valence-corrected chi connectivity index (χ1v) is 6.96. The first-order valence-electron chi connectivity index (χ1n) is 6.96. The van der Waals surface area contributed by atoms with Crippen LogP contribution in [0.1, 0.15) is 10.4 Å². The summed E-state index contributed by atoms with van der Waals surface area (Å²) in [5, 5.41) is 4.29. The van der Waals surface area contributed by atoms with Gasteiger partial charge in [0.2, 0.25) is 0 Å². The van der Waals surface area contributed by atoms with Gasteiger partial charge in [-0.15, -0.1) is 0 Å². The largest absolute Gasteiger partial charge is 0.292 e. The Hall–Kier alpha value is -3.01. The summed E-state index contributed by atoms with van der Waals surface area (Å²) < 4.78 is 1.21. The summed E-state index contributed by atoms with van der Waals surface area (Å²) in [7, 11) is 0. The second-order valence-electron chi connectivity index (χ2n) is 4.87. The minimum absolute atomic E-state index is 0.0660. The van der Waals surface area contributed by atoms with Crippen molar-refractivity contribution in [2.75, 3.05) is 0 Å². The highest BCUT2D eigenvalue weighted by molar-refractivity contribution is 5.95. The fourth-order valence-electron chi connectivity index (χ4n) is 2.18. The van der Waals surface area contributed by atoms with Crippen molar-refractivity contribution in [2.45, 2.75) is 6.54 Å². The molecule has 0 aliphatic carbocycles. The van der Waals surface area contributed by atoms with E-state index in [4.69, 9.17) is 0 Å². The summed E-state index contributed by atoms with van der Waals surface area (Å²) in [6.45, 7) is -0.0660. The Kier molecular flexibility index (Phi) is 3.92. The summed E-state index contributed by atoms with van der Waals surface area (Å²) >= 11 is 0. The van der Waals surface area contributed by atoms with Crippen molar-refractivity contribution >= 4 is 5.78 Å². The highest BCUT2D eigenvalue weighted by atomic mass is 16.1. The Bertz CT molecular complexity index is 840. The summed E-state index contributed by atoms with van der Waals surface area (Å²) in [4.78, 5) is 24.1. The van der Waals surface area contributed by atoms with Crippen molar-refractivity contribution in [1.82, 2.24) is 9.78 Å². The van der Waals surface area contributed by atoms with Crippen molar-refractivity contribution in [1.29, 1.82) is 0 Å². The number of ketones is 1. The topological polar surface area (TPSA) is 52.0 Å². The number of rotatable bonds is 4. The van der Waals surface area contributed by atoms with Crippen LogP contribution in [0.2, 0.25) is 0 Å². The quantitative estimate of drug-likeness (QED) is 0.694. The van der Waals surface area contributed by atoms with Crippen LogP contribution >= 0.6 is 0 Å². The molecule has 0 radical (unpaired) electrons. The number of aromatic nitrogens is 2. The van der Waals surface area contributed by atoms with Gasteiger partial charge in [0.05, 0.1) is 5.69 Å². The van der Waals surface area contributed by atoms with E-state index in [9.17, 15) is 9.59 Å². The molecule has 108 valence electrons. The van der Waals surface area contributed by atoms with Gasteiger partial charge in [-0.2, -0.15) is 5.10 Å². The van der Waals surface area contributed by atoms with Gasteiger partial charge in [0.15, 0.2) is 5.78 Å². The fraction of sp³-hybridized carbons (Fsp3) is 0.0556. The number of carbonyl (C=O) groups excluding carboxylic acids is 1. The maximum absolute atomic E-state index is 12.2. The molecule has 0 spiro atoms. The lowest BCUT2D eigenvalue weighted by atomic mass is 10.1. The molecule has 1 aromatic heterocycles. The van der Waals surface area contributed by atoms with Crippen LogP contribution in [0.15, 0.2) is 77.6 Å². The van der Waals surface area contributed by atoms with Gasteiger partial charge in [0.25, 0.3) is 5.56 Å². The summed E-state index contributed by atoms with van der Waals surface area (Å²) in [6, 6.07) is 21.6. The van der Waals surface area contributed by atoms with Crippen molar-refractivity contribution in [3.05, 3.63) is 88.7 Å². The van der Waals surface area contributed by atoms with Gasteiger partial charge in [-0.05, 0) is 6.07 Å². The first-order chi connectivity index (χ1) is 10.7. The van der Waals surface area contributed by atoms with Gasteiger partial charge in [-0.3, -0.25) is 9.59 Å². The Morgan fingerprint density at radius 1 is 0.864 bits per heavy atom. The molecule has 0 saturated carbocycles. The molecule has 0 amide bonds. The molecule has 22 heavy (non-hydrogen) atoms. The fourth-order valence-corrected chi connectivity index (χ4v) is 2.18. The number of benzene rings is 2. The predicted molar refractivity (Wildman–Crippen MR) is 84.7 cm³/mol. The molecule has 0 aliphatic heterocycles. The Labute approximate surface area is 127 Å².